The van der Waals surface area contributed by atoms with Crippen molar-refractivity contribution in [3.05, 3.63) is 11.6 Å². The first-order valence-corrected chi connectivity index (χ1v) is 9.56. The van der Waals surface area contributed by atoms with Crippen LogP contribution in [0.15, 0.2) is 14.5 Å². The zero-order chi connectivity index (χ0) is 15.3. The van der Waals surface area contributed by atoms with Crippen LogP contribution in [0, 0.1) is 0 Å². The van der Waals surface area contributed by atoms with Crippen LogP contribution >= 0.6 is 11.3 Å². The molecule has 2 rings (SSSR count). The van der Waals surface area contributed by atoms with Crippen LogP contribution in [0.5, 0.6) is 0 Å². The van der Waals surface area contributed by atoms with Crippen molar-refractivity contribution in [2.45, 2.75) is 40.8 Å². The number of thiophene rings is 1. The number of rotatable bonds is 2. The van der Waals surface area contributed by atoms with Crippen LogP contribution in [0.3, 0.4) is 0 Å². The Morgan fingerprint density at radius 2 is 2.05 bits per heavy atom. The fourth-order valence-corrected chi connectivity index (χ4v) is 6.50. The summed E-state index contributed by atoms with van der Waals surface area (Å²) in [7, 11) is -7.56. The lowest BCUT2D eigenvalue weighted by Crippen LogP contribution is -2.40. The third kappa shape index (κ3) is 3.05. The van der Waals surface area contributed by atoms with Crippen LogP contribution in [-0.4, -0.2) is 34.0 Å². The maximum absolute atomic E-state index is 12.2. The molecule has 1 aromatic rings. The molecule has 10 heteroatoms. The maximum atomic E-state index is 12.2. The Morgan fingerprint density at radius 3 is 2.55 bits per heavy atom. The molecule has 1 aliphatic rings. The van der Waals surface area contributed by atoms with E-state index >= 15 is 0 Å². The van der Waals surface area contributed by atoms with Gasteiger partial charge in [-0.15, -0.1) is 11.3 Å². The van der Waals surface area contributed by atoms with Gasteiger partial charge in [0.2, 0.25) is 0 Å². The molecule has 0 fully saturated rings. The largest absolute Gasteiger partial charge is 0.387 e. The molecule has 20 heavy (non-hydrogen) atoms. The molecule has 2 heterocycles. The molecular weight excluding hydrogens is 324 g/mol. The highest BCUT2D eigenvalue weighted by Gasteiger charge is 2.35. The number of hydrogen-bond donors (Lipinski definition) is 3. The third-order valence-corrected chi connectivity index (χ3v) is 7.83. The minimum Gasteiger partial charge on any atom is -0.387 e. The van der Waals surface area contributed by atoms with Crippen molar-refractivity contribution >= 4 is 31.4 Å². The van der Waals surface area contributed by atoms with E-state index in [1.807, 2.05) is 0 Å². The van der Waals surface area contributed by atoms with Gasteiger partial charge in [0.25, 0.3) is 20.0 Å². The van der Waals surface area contributed by atoms with Crippen LogP contribution < -0.4 is 9.44 Å². The molecular formula is C10H16N2O5S3. The average molecular weight is 340 g/mol. The number of hydrogen-bond acceptors (Lipinski definition) is 6. The zero-order valence-corrected chi connectivity index (χ0v) is 13.6. The van der Waals surface area contributed by atoms with Gasteiger partial charge in [-0.05, 0) is 26.8 Å². The van der Waals surface area contributed by atoms with E-state index in [2.05, 4.69) is 9.44 Å². The zero-order valence-electron chi connectivity index (χ0n) is 11.2. The van der Waals surface area contributed by atoms with E-state index in [0.717, 1.165) is 0 Å². The summed E-state index contributed by atoms with van der Waals surface area (Å²) in [5.74, 6) is 0. The first-order chi connectivity index (χ1) is 8.92. The van der Waals surface area contributed by atoms with Crippen molar-refractivity contribution in [1.29, 1.82) is 0 Å². The van der Waals surface area contributed by atoms with Crippen molar-refractivity contribution < 1.29 is 21.9 Å². The molecule has 0 bridgehead atoms. The van der Waals surface area contributed by atoms with Gasteiger partial charge in [0, 0.05) is 17.6 Å². The van der Waals surface area contributed by atoms with Gasteiger partial charge >= 0.3 is 0 Å². The van der Waals surface area contributed by atoms with Gasteiger partial charge < -0.3 is 5.11 Å². The van der Waals surface area contributed by atoms with Crippen LogP contribution in [0.1, 0.15) is 32.4 Å². The summed E-state index contributed by atoms with van der Waals surface area (Å²) in [6.45, 7) is 4.90. The molecule has 0 spiro atoms. The summed E-state index contributed by atoms with van der Waals surface area (Å²) in [6, 6.07) is 1.22. The maximum Gasteiger partial charge on any atom is 0.250 e. The Balaban J connectivity index is 2.53. The molecule has 114 valence electrons. The van der Waals surface area contributed by atoms with Crippen molar-refractivity contribution in [1.82, 2.24) is 9.44 Å². The monoisotopic (exact) mass is 340 g/mol. The molecule has 1 atom stereocenters. The lowest BCUT2D eigenvalue weighted by Gasteiger charge is -2.19. The van der Waals surface area contributed by atoms with Gasteiger partial charge in [0.1, 0.15) is 8.42 Å². The van der Waals surface area contributed by atoms with Gasteiger partial charge in [-0.1, -0.05) is 0 Å². The van der Waals surface area contributed by atoms with E-state index in [0.29, 0.717) is 11.3 Å². The third-order valence-electron chi connectivity index (χ3n) is 2.48. The molecule has 0 saturated heterocycles. The fraction of sp³-hybridized carbons (Fsp3) is 0.600. The van der Waals surface area contributed by atoms with Crippen LogP contribution in [-0.2, 0) is 20.0 Å². The summed E-state index contributed by atoms with van der Waals surface area (Å²) >= 11 is 0.633. The molecule has 0 amide bonds. The second-order valence-corrected chi connectivity index (χ2v) is 10.5. The first kappa shape index (κ1) is 15.9. The quantitative estimate of drug-likeness (QED) is 0.709. The lowest BCUT2D eigenvalue weighted by molar-refractivity contribution is 0.176. The standard InChI is InChI=1S/C10H16N2O5S3/c1-10(2,3)12-19(14,15)8-4-6-7(13)5-11-20(16,17)9(6)18-8/h4,7,11-13H,5H2,1-3H3. The number of aliphatic hydroxyl groups is 1. The van der Waals surface area contributed by atoms with Gasteiger partial charge in [0.05, 0.1) is 6.10 Å². The topological polar surface area (TPSA) is 113 Å². The van der Waals surface area contributed by atoms with Crippen molar-refractivity contribution in [3.63, 3.8) is 0 Å². The molecule has 0 radical (unpaired) electrons. The summed E-state index contributed by atoms with van der Waals surface area (Å²) in [6.07, 6.45) is -1.04. The lowest BCUT2D eigenvalue weighted by atomic mass is 10.1. The Bertz CT molecular complexity index is 727. The van der Waals surface area contributed by atoms with E-state index in [1.54, 1.807) is 20.8 Å². The molecule has 7 nitrogen and oxygen atoms in total. The number of nitrogens with one attached hydrogen (secondary N) is 2. The van der Waals surface area contributed by atoms with Gasteiger partial charge in [-0.2, -0.15) is 0 Å². The molecule has 1 aliphatic heterocycles. The predicted molar refractivity (Wildman–Crippen MR) is 74.5 cm³/mol. The minimum absolute atomic E-state index is 0.122. The molecule has 0 aliphatic carbocycles. The highest BCUT2D eigenvalue weighted by Crippen LogP contribution is 2.36. The van der Waals surface area contributed by atoms with Crippen molar-refractivity contribution in [2.75, 3.05) is 6.54 Å². The van der Waals surface area contributed by atoms with Gasteiger partial charge in [-0.25, -0.2) is 26.3 Å². The molecule has 0 aromatic carbocycles. The number of β-amino-alcohol motifs (C(OH)–C–C–N with tert-alkyl or cyclic N) is 1. The second-order valence-electron chi connectivity index (χ2n) is 5.53. The predicted octanol–water partition coefficient (Wildman–Crippen LogP) is 0.150. The smallest absolute Gasteiger partial charge is 0.250 e. The summed E-state index contributed by atoms with van der Waals surface area (Å²) in [5.41, 5.74) is -0.554. The van der Waals surface area contributed by atoms with E-state index in [4.69, 9.17) is 0 Å². The van der Waals surface area contributed by atoms with E-state index in [-0.39, 0.29) is 20.5 Å². The van der Waals surface area contributed by atoms with E-state index < -0.39 is 31.7 Å². The van der Waals surface area contributed by atoms with Crippen LogP contribution in [0.2, 0.25) is 0 Å². The van der Waals surface area contributed by atoms with E-state index in [1.165, 1.54) is 6.07 Å². The number of sulfonamides is 2. The summed E-state index contributed by atoms with van der Waals surface area (Å²) in [4.78, 5) is 0. The summed E-state index contributed by atoms with van der Waals surface area (Å²) < 4.78 is 52.4. The van der Waals surface area contributed by atoms with Crippen molar-refractivity contribution in [2.24, 2.45) is 0 Å². The SMILES string of the molecule is CC(C)(C)NS(=O)(=O)c1cc2c(s1)S(=O)(=O)NCC2O. The van der Waals surface area contributed by atoms with Crippen LogP contribution in [0.4, 0.5) is 0 Å². The Kier molecular flexibility index (Phi) is 3.77. The van der Waals surface area contributed by atoms with Gasteiger partial charge in [-0.3, -0.25) is 0 Å². The highest BCUT2D eigenvalue weighted by atomic mass is 32.3. The first-order valence-electron chi connectivity index (χ1n) is 5.78. The summed E-state index contributed by atoms with van der Waals surface area (Å²) in [5, 5.41) is 9.77. The molecule has 1 unspecified atom stereocenters. The van der Waals surface area contributed by atoms with Gasteiger partial charge in [0.15, 0.2) is 0 Å². The normalized spacial score (nSPS) is 22.5. The fourth-order valence-electron chi connectivity index (χ4n) is 1.76. The molecule has 1 aromatic heterocycles. The molecule has 3 N–H and O–H groups in total. The number of aliphatic hydroxyl groups excluding tert-OH is 1. The minimum atomic E-state index is -3.82. The Morgan fingerprint density at radius 1 is 1.45 bits per heavy atom. The highest BCUT2D eigenvalue weighted by molar-refractivity contribution is 7.94. The average Bonchev–Trinajstić information content (AvgIpc) is 2.67. The number of fused-ring (bicyclic) bond motifs is 1. The van der Waals surface area contributed by atoms with E-state index in [9.17, 15) is 21.9 Å². The van der Waals surface area contributed by atoms with Crippen molar-refractivity contribution in [3.8, 4) is 0 Å². The van der Waals surface area contributed by atoms with Crippen LogP contribution in [0.25, 0.3) is 0 Å². The second kappa shape index (κ2) is 4.75. The Hall–Kier alpha value is -0.520. The Labute approximate surface area is 122 Å². The molecule has 0 saturated carbocycles.